The zero-order chi connectivity index (χ0) is 32.9. The first kappa shape index (κ1) is 34.4. The highest BCUT2D eigenvalue weighted by atomic mass is 32.2. The highest BCUT2D eigenvalue weighted by Gasteiger charge is 2.32. The summed E-state index contributed by atoms with van der Waals surface area (Å²) in [6.07, 6.45) is 4.68. The number of nitrogens with zero attached hydrogens (tertiary/aromatic N) is 2. The van der Waals surface area contributed by atoms with Crippen LogP contribution >= 0.6 is 11.8 Å². The van der Waals surface area contributed by atoms with Gasteiger partial charge in [-0.15, -0.1) is 0 Å². The van der Waals surface area contributed by atoms with Gasteiger partial charge in [-0.25, -0.2) is 8.42 Å². The first-order valence-corrected chi connectivity index (χ1v) is 17.9. The number of anilines is 1. The van der Waals surface area contributed by atoms with Crippen molar-refractivity contribution in [2.45, 2.75) is 38.3 Å². The Morgan fingerprint density at radius 3 is 2.31 bits per heavy atom. The molecule has 0 saturated carbocycles. The van der Waals surface area contributed by atoms with Crippen molar-refractivity contribution in [2.24, 2.45) is 0 Å². The summed E-state index contributed by atoms with van der Waals surface area (Å²) in [6.45, 7) is 2.42. The number of aryl methyl sites for hydroxylation is 1. The number of fused-ring (bicyclic) bond motifs is 3. The van der Waals surface area contributed by atoms with Crippen molar-refractivity contribution in [3.05, 3.63) is 45.6 Å². The molecule has 0 unspecified atom stereocenters. The molecule has 4 rings (SSSR count). The molecule has 2 aromatic carbocycles. The lowest BCUT2D eigenvalue weighted by molar-refractivity contribution is -0.133. The molecule has 246 valence electrons. The van der Waals surface area contributed by atoms with E-state index in [0.717, 1.165) is 17.4 Å². The first-order chi connectivity index (χ1) is 21.4. The zero-order valence-electron chi connectivity index (χ0n) is 26.6. The molecule has 1 saturated heterocycles. The fraction of sp³-hybridized carbons (Fsp3) is 0.516. The maximum Gasteiger partial charge on any atom is 0.245 e. The highest BCUT2D eigenvalue weighted by molar-refractivity contribution is 7.98. The second-order valence-corrected chi connectivity index (χ2v) is 14.0. The van der Waals surface area contributed by atoms with Crippen molar-refractivity contribution < 1.29 is 32.2 Å². The number of methoxy groups -OCH3 is 3. The minimum absolute atomic E-state index is 0.190. The second kappa shape index (κ2) is 14.7. The summed E-state index contributed by atoms with van der Waals surface area (Å²) in [5.74, 6) is 1.62. The van der Waals surface area contributed by atoms with Gasteiger partial charge in [0.25, 0.3) is 0 Å². The van der Waals surface area contributed by atoms with E-state index in [-0.39, 0.29) is 49.1 Å². The number of hydrogen-bond acceptors (Lipinski definition) is 10. The molecule has 1 fully saturated rings. The van der Waals surface area contributed by atoms with Crippen LogP contribution < -0.4 is 30.3 Å². The molecule has 0 radical (unpaired) electrons. The largest absolute Gasteiger partial charge is 0.493 e. The van der Waals surface area contributed by atoms with Crippen LogP contribution in [0, 0.1) is 0 Å². The lowest BCUT2D eigenvalue weighted by Crippen LogP contribution is -2.54. The number of hydrogen-bond donors (Lipinski definition) is 2. The van der Waals surface area contributed by atoms with E-state index < -0.39 is 22.1 Å². The molecule has 1 aliphatic heterocycles. The van der Waals surface area contributed by atoms with Crippen LogP contribution in [0.4, 0.5) is 5.69 Å². The van der Waals surface area contributed by atoms with Gasteiger partial charge in [0.2, 0.25) is 33.0 Å². The average molecular weight is 663 g/mol. The zero-order valence-corrected chi connectivity index (χ0v) is 28.2. The quantitative estimate of drug-likeness (QED) is 0.369. The Morgan fingerprint density at radius 1 is 1.04 bits per heavy atom. The van der Waals surface area contributed by atoms with E-state index in [1.165, 1.54) is 24.4 Å². The van der Waals surface area contributed by atoms with E-state index in [1.807, 2.05) is 18.4 Å². The molecule has 14 heteroatoms. The Hall–Kier alpha value is -3.49. The summed E-state index contributed by atoms with van der Waals surface area (Å²) in [6, 6.07) is 5.73. The smallest absolute Gasteiger partial charge is 0.245 e. The lowest BCUT2D eigenvalue weighted by atomic mass is 9.95. The number of rotatable bonds is 11. The highest BCUT2D eigenvalue weighted by Crippen LogP contribution is 2.50. The number of nitrogens with one attached hydrogen (secondary N) is 2. The summed E-state index contributed by atoms with van der Waals surface area (Å²) >= 11 is 1.59. The third-order valence-electron chi connectivity index (χ3n) is 8.17. The summed E-state index contributed by atoms with van der Waals surface area (Å²) in [5, 5.41) is 6.22. The van der Waals surface area contributed by atoms with E-state index >= 15 is 0 Å². The predicted octanol–water partition coefficient (Wildman–Crippen LogP) is 2.50. The van der Waals surface area contributed by atoms with Gasteiger partial charge in [0.15, 0.2) is 11.5 Å². The molecule has 45 heavy (non-hydrogen) atoms. The maximum atomic E-state index is 13.8. The van der Waals surface area contributed by atoms with Crippen LogP contribution in [-0.2, 0) is 26.0 Å². The van der Waals surface area contributed by atoms with Gasteiger partial charge in [-0.05, 0) is 66.2 Å². The van der Waals surface area contributed by atoms with Gasteiger partial charge in [0.1, 0.15) is 6.04 Å². The van der Waals surface area contributed by atoms with Crippen LogP contribution in [0.5, 0.6) is 17.2 Å². The number of thioether (sulfide) groups is 1. The number of benzene rings is 1. The third kappa shape index (κ3) is 7.67. The van der Waals surface area contributed by atoms with Crippen LogP contribution in [0.3, 0.4) is 0 Å². The van der Waals surface area contributed by atoms with Gasteiger partial charge in [0, 0.05) is 38.7 Å². The predicted molar refractivity (Wildman–Crippen MR) is 176 cm³/mol. The molecule has 1 heterocycles. The van der Waals surface area contributed by atoms with Crippen molar-refractivity contribution >= 4 is 39.3 Å². The molecule has 0 spiro atoms. The van der Waals surface area contributed by atoms with Crippen LogP contribution in [0.25, 0.3) is 11.1 Å². The minimum Gasteiger partial charge on any atom is -0.493 e. The van der Waals surface area contributed by atoms with Crippen LogP contribution in [0.1, 0.15) is 36.9 Å². The fourth-order valence-electron chi connectivity index (χ4n) is 5.97. The lowest BCUT2D eigenvalue weighted by Gasteiger charge is -2.35. The van der Waals surface area contributed by atoms with Crippen molar-refractivity contribution in [1.29, 1.82) is 0 Å². The Balaban J connectivity index is 1.79. The Kier molecular flexibility index (Phi) is 11.3. The molecular formula is C31H42N4O8S2. The number of carbonyl (C=O) groups is 2. The van der Waals surface area contributed by atoms with Crippen molar-refractivity contribution in [1.82, 2.24) is 14.5 Å². The van der Waals surface area contributed by atoms with E-state index in [0.29, 0.717) is 53.4 Å². The van der Waals surface area contributed by atoms with Gasteiger partial charge in [0.05, 0.1) is 39.3 Å². The summed E-state index contributed by atoms with van der Waals surface area (Å²) < 4.78 is 42.4. The summed E-state index contributed by atoms with van der Waals surface area (Å²) in [4.78, 5) is 41.4. The monoisotopic (exact) mass is 662 g/mol. The van der Waals surface area contributed by atoms with Crippen molar-refractivity contribution in [2.75, 3.05) is 71.1 Å². The number of piperazine rings is 1. The second-order valence-electron chi connectivity index (χ2n) is 11.1. The van der Waals surface area contributed by atoms with Crippen LogP contribution in [-0.4, -0.2) is 101 Å². The average Bonchev–Trinajstić information content (AvgIpc) is 3.25. The first-order valence-electron chi connectivity index (χ1n) is 14.7. The molecule has 2 amide bonds. The summed E-state index contributed by atoms with van der Waals surface area (Å²) in [5.41, 5.74) is 2.86. The summed E-state index contributed by atoms with van der Waals surface area (Å²) in [7, 11) is 1.28. The maximum absolute atomic E-state index is 13.8. The number of amides is 2. The molecular weight excluding hydrogens is 620 g/mol. The topological polar surface area (TPSA) is 144 Å². The van der Waals surface area contributed by atoms with Gasteiger partial charge in [-0.1, -0.05) is 6.07 Å². The Morgan fingerprint density at radius 2 is 1.73 bits per heavy atom. The van der Waals surface area contributed by atoms with Gasteiger partial charge in [-0.3, -0.25) is 14.4 Å². The van der Waals surface area contributed by atoms with E-state index in [4.69, 9.17) is 14.2 Å². The number of sulfonamides is 1. The third-order valence-corrected chi connectivity index (χ3v) is 10.1. The SMILES string of the molecule is COc1cc2c(c(OC)c1OC)-c1ccc(N[C@@H](CCSC)C(=O)N3CCN(S(C)(=O)=O)CC3)c(=O)cc1[C@@H](NC(C)=O)CC2. The molecule has 2 N–H and O–H groups in total. The normalized spacial score (nSPS) is 17.3. The molecule has 0 bridgehead atoms. The number of carbonyl (C=O) groups excluding carboxylic acids is 2. The van der Waals surface area contributed by atoms with Gasteiger partial charge in [-0.2, -0.15) is 16.1 Å². The van der Waals surface area contributed by atoms with Crippen molar-refractivity contribution in [3.63, 3.8) is 0 Å². The molecule has 12 nitrogen and oxygen atoms in total. The van der Waals surface area contributed by atoms with E-state index in [1.54, 1.807) is 36.9 Å². The fourth-order valence-corrected chi connectivity index (χ4v) is 7.27. The number of ether oxygens (including phenoxy) is 3. The van der Waals surface area contributed by atoms with Gasteiger partial charge < -0.3 is 29.7 Å². The van der Waals surface area contributed by atoms with Crippen LogP contribution in [0.2, 0.25) is 0 Å². The molecule has 2 aromatic rings. The molecule has 1 aliphatic carbocycles. The molecule has 2 aliphatic rings. The standard InChI is InChI=1S/C31H42N4O8S2/c1-19(36)32-23-9-7-20-17-27(41-2)29(42-3)30(43-4)28(20)21-8-10-24(26(37)18-22(21)23)33-25(11-16-44-5)31(38)34-12-14-35(15-13-34)45(6,39)40/h8,10,17-18,23,25H,7,9,11-16H2,1-6H3,(H,32,36)(H,33,37)/t23-,25-/m0/s1. The minimum atomic E-state index is -3.34. The van der Waals surface area contributed by atoms with Crippen LogP contribution in [0.15, 0.2) is 29.1 Å². The molecule has 0 aromatic heterocycles. The van der Waals surface area contributed by atoms with Crippen molar-refractivity contribution in [3.8, 4) is 28.4 Å². The van der Waals surface area contributed by atoms with E-state index in [9.17, 15) is 22.8 Å². The van der Waals surface area contributed by atoms with E-state index in [2.05, 4.69) is 10.6 Å². The van der Waals surface area contributed by atoms with Gasteiger partial charge >= 0.3 is 0 Å². The Labute approximate surface area is 268 Å². The Bertz CT molecular complexity index is 1590. The molecule has 2 atom stereocenters.